The molecule has 5 nitrogen and oxygen atoms in total. The summed E-state index contributed by atoms with van der Waals surface area (Å²) < 4.78 is 12.8. The van der Waals surface area contributed by atoms with Gasteiger partial charge in [-0.2, -0.15) is 0 Å². The van der Waals surface area contributed by atoms with Crippen molar-refractivity contribution < 1.29 is 19.2 Å². The summed E-state index contributed by atoms with van der Waals surface area (Å²) in [6.45, 7) is 8.19. The van der Waals surface area contributed by atoms with Gasteiger partial charge in [0.15, 0.2) is 0 Å². The summed E-state index contributed by atoms with van der Waals surface area (Å²) in [6, 6.07) is 41.5. The van der Waals surface area contributed by atoms with Gasteiger partial charge >= 0.3 is 13.1 Å². The minimum absolute atomic E-state index is 0.272. The molecule has 6 rings (SSSR count). The van der Waals surface area contributed by atoms with Crippen LogP contribution in [0.4, 0.5) is 0 Å². The number of carbonyl (C=O) groups is 1. The van der Waals surface area contributed by atoms with Crippen molar-refractivity contribution >= 4 is 29.3 Å². The molecule has 1 atom stereocenters. The van der Waals surface area contributed by atoms with Crippen molar-refractivity contribution in [2.24, 2.45) is 0 Å². The number of nitrogens with one attached hydrogen (secondary N) is 1. The summed E-state index contributed by atoms with van der Waals surface area (Å²) in [5.74, 6) is -0.920. The quantitative estimate of drug-likeness (QED) is 0.149. The van der Waals surface area contributed by atoms with Crippen LogP contribution < -0.4 is 10.8 Å². The van der Waals surface area contributed by atoms with E-state index in [0.29, 0.717) is 0 Å². The average Bonchev–Trinajstić information content (AvgIpc) is 3.26. The van der Waals surface area contributed by atoms with Gasteiger partial charge in [0.2, 0.25) is 0 Å². The fourth-order valence-corrected chi connectivity index (χ4v) is 6.23. The topological polar surface area (TPSA) is 67.8 Å². The Morgan fingerprint density at radius 1 is 0.682 bits per heavy atom. The van der Waals surface area contributed by atoms with E-state index in [-0.39, 0.29) is 6.42 Å². The van der Waals surface area contributed by atoms with Crippen molar-refractivity contribution in [3.8, 4) is 0 Å². The molecule has 0 aliphatic carbocycles. The van der Waals surface area contributed by atoms with Gasteiger partial charge in [-0.05, 0) is 72.6 Å². The van der Waals surface area contributed by atoms with E-state index in [1.165, 1.54) is 0 Å². The second-order valence-electron chi connectivity index (χ2n) is 12.5. The van der Waals surface area contributed by atoms with E-state index in [9.17, 15) is 9.90 Å². The number of aliphatic carboxylic acids is 1. The van der Waals surface area contributed by atoms with Gasteiger partial charge in [0.1, 0.15) is 6.04 Å². The van der Waals surface area contributed by atoms with Crippen LogP contribution in [0.1, 0.15) is 49.9 Å². The van der Waals surface area contributed by atoms with E-state index in [2.05, 4.69) is 53.8 Å². The second kappa shape index (κ2) is 11.7. The van der Waals surface area contributed by atoms with E-state index in [1.54, 1.807) is 0 Å². The molecule has 1 fully saturated rings. The highest BCUT2D eigenvalue weighted by molar-refractivity contribution is 6.65. The van der Waals surface area contributed by atoms with E-state index in [4.69, 9.17) is 9.31 Å². The lowest BCUT2D eigenvalue weighted by atomic mass is 9.74. The first-order valence-electron chi connectivity index (χ1n) is 15.2. The Kier molecular flexibility index (Phi) is 7.93. The van der Waals surface area contributed by atoms with Crippen LogP contribution in [0.5, 0.6) is 0 Å². The molecule has 5 aromatic carbocycles. The molecule has 1 heterocycles. The van der Waals surface area contributed by atoms with Gasteiger partial charge < -0.3 is 14.4 Å². The fraction of sp³-hybridized carbons (Fsp3) is 0.237. The smallest absolute Gasteiger partial charge is 0.480 e. The zero-order chi connectivity index (χ0) is 31.0. The molecule has 44 heavy (non-hydrogen) atoms. The van der Waals surface area contributed by atoms with Gasteiger partial charge in [-0.3, -0.25) is 10.1 Å². The number of rotatable bonds is 9. The van der Waals surface area contributed by atoms with Crippen molar-refractivity contribution in [2.45, 2.75) is 56.9 Å². The Hall–Kier alpha value is -4.23. The first-order chi connectivity index (χ1) is 21.1. The Morgan fingerprint density at radius 3 is 1.57 bits per heavy atom. The summed E-state index contributed by atoms with van der Waals surface area (Å²) in [5, 5.41) is 16.4. The summed E-state index contributed by atoms with van der Waals surface area (Å²) in [6.07, 6.45) is 0.272. The molecule has 0 radical (unpaired) electrons. The molecule has 0 bridgehead atoms. The van der Waals surface area contributed by atoms with Gasteiger partial charge in [0.25, 0.3) is 0 Å². The first kappa shape index (κ1) is 29.8. The molecule has 0 saturated carbocycles. The van der Waals surface area contributed by atoms with Gasteiger partial charge in [-0.15, -0.1) is 0 Å². The van der Waals surface area contributed by atoms with Crippen molar-refractivity contribution in [3.63, 3.8) is 0 Å². The molecule has 1 aliphatic heterocycles. The van der Waals surface area contributed by atoms with Crippen molar-refractivity contribution in [1.82, 2.24) is 5.32 Å². The van der Waals surface area contributed by atoms with Crippen LogP contribution in [0, 0.1) is 0 Å². The molecule has 5 aromatic rings. The van der Waals surface area contributed by atoms with E-state index >= 15 is 0 Å². The van der Waals surface area contributed by atoms with E-state index < -0.39 is 35.9 Å². The largest absolute Gasteiger partial charge is 0.495 e. The Bertz CT molecular complexity index is 1640. The highest BCUT2D eigenvalue weighted by atomic mass is 16.7. The molecule has 1 aliphatic rings. The van der Waals surface area contributed by atoms with Crippen LogP contribution in [0.2, 0.25) is 0 Å². The fourth-order valence-electron chi connectivity index (χ4n) is 6.23. The van der Waals surface area contributed by atoms with E-state index in [1.807, 2.05) is 107 Å². The Labute approximate surface area is 260 Å². The number of benzene rings is 5. The standard InChI is InChI=1S/C38H38BNO4/c1-36(2)37(3,4)44-39(43-36)33-25-24-27(31-22-14-15-23-32(31)33)26-34(35(41)42)40-38(28-16-8-5-9-17-28,29-18-10-6-11-19-29)30-20-12-7-13-21-30/h5-25,34,40H,26H2,1-4H3,(H,41,42). The molecule has 0 aromatic heterocycles. The highest BCUT2D eigenvalue weighted by Gasteiger charge is 2.52. The van der Waals surface area contributed by atoms with Crippen LogP contribution in [-0.4, -0.2) is 35.4 Å². The Balaban J connectivity index is 1.45. The maximum atomic E-state index is 13.1. The zero-order valence-electron chi connectivity index (χ0n) is 25.7. The molecular formula is C38H38BNO4. The minimum atomic E-state index is -0.920. The second-order valence-corrected chi connectivity index (χ2v) is 12.5. The number of hydrogen-bond acceptors (Lipinski definition) is 4. The van der Waals surface area contributed by atoms with Crippen molar-refractivity contribution in [1.29, 1.82) is 0 Å². The third kappa shape index (κ3) is 5.34. The molecule has 2 N–H and O–H groups in total. The molecule has 222 valence electrons. The molecule has 1 unspecified atom stereocenters. The Morgan fingerprint density at radius 2 is 1.11 bits per heavy atom. The molecule has 0 amide bonds. The van der Waals surface area contributed by atoms with Crippen LogP contribution in [0.3, 0.4) is 0 Å². The summed E-state index contributed by atoms with van der Waals surface area (Å²) in [7, 11) is -0.519. The average molecular weight is 584 g/mol. The van der Waals surface area contributed by atoms with Gasteiger partial charge in [-0.1, -0.05) is 127 Å². The molecule has 1 saturated heterocycles. The number of hydrogen-bond donors (Lipinski definition) is 2. The van der Waals surface area contributed by atoms with Crippen LogP contribution in [-0.2, 0) is 26.1 Å². The number of fused-ring (bicyclic) bond motifs is 1. The van der Waals surface area contributed by atoms with Crippen molar-refractivity contribution in [3.05, 3.63) is 150 Å². The highest BCUT2D eigenvalue weighted by Crippen LogP contribution is 2.39. The van der Waals surface area contributed by atoms with Gasteiger partial charge in [0, 0.05) is 0 Å². The normalized spacial score (nSPS) is 16.6. The van der Waals surface area contributed by atoms with Gasteiger partial charge in [-0.25, -0.2) is 0 Å². The third-order valence-electron chi connectivity index (χ3n) is 9.29. The first-order valence-corrected chi connectivity index (χ1v) is 15.2. The predicted octanol–water partition coefficient (Wildman–Crippen LogP) is 6.72. The van der Waals surface area contributed by atoms with Crippen LogP contribution in [0.15, 0.2) is 127 Å². The van der Waals surface area contributed by atoms with Crippen LogP contribution >= 0.6 is 0 Å². The van der Waals surface area contributed by atoms with E-state index in [0.717, 1.165) is 38.5 Å². The third-order valence-corrected chi connectivity index (χ3v) is 9.29. The minimum Gasteiger partial charge on any atom is -0.480 e. The maximum absolute atomic E-state index is 13.1. The maximum Gasteiger partial charge on any atom is 0.495 e. The summed E-state index contributed by atoms with van der Waals surface area (Å²) >= 11 is 0. The lowest BCUT2D eigenvalue weighted by Gasteiger charge is -2.39. The molecule has 0 spiro atoms. The van der Waals surface area contributed by atoms with Crippen molar-refractivity contribution in [2.75, 3.05) is 0 Å². The summed E-state index contributed by atoms with van der Waals surface area (Å²) in [4.78, 5) is 13.1. The number of carboxylic acid groups (broad SMARTS) is 1. The molecule has 6 heteroatoms. The lowest BCUT2D eigenvalue weighted by molar-refractivity contribution is -0.139. The van der Waals surface area contributed by atoms with Gasteiger partial charge in [0.05, 0.1) is 16.7 Å². The lowest BCUT2D eigenvalue weighted by Crippen LogP contribution is -2.53. The molecular weight excluding hydrogens is 545 g/mol. The van der Waals surface area contributed by atoms with Crippen LogP contribution in [0.25, 0.3) is 10.8 Å². The predicted molar refractivity (Wildman–Crippen MR) is 177 cm³/mol. The monoisotopic (exact) mass is 583 g/mol. The zero-order valence-corrected chi connectivity index (χ0v) is 25.7. The summed E-state index contributed by atoms with van der Waals surface area (Å²) in [5.41, 5.74) is 2.92. The number of carboxylic acids is 1. The SMILES string of the molecule is CC1(C)OB(c2ccc(CC(NC(c3ccccc3)(c3ccccc3)c3ccccc3)C(=O)O)c3ccccc23)OC1(C)C.